The third-order valence-electron chi connectivity index (χ3n) is 3.55. The first-order valence-corrected chi connectivity index (χ1v) is 7.46. The molecule has 3 aromatic rings. The Morgan fingerprint density at radius 1 is 1.17 bits per heavy atom. The molecule has 0 aliphatic rings. The van der Waals surface area contributed by atoms with Crippen molar-refractivity contribution in [3.05, 3.63) is 65.4 Å². The second-order valence-corrected chi connectivity index (χ2v) is 5.61. The van der Waals surface area contributed by atoms with Crippen LogP contribution in [0.3, 0.4) is 0 Å². The van der Waals surface area contributed by atoms with Crippen molar-refractivity contribution < 1.29 is 14.3 Å². The molecular weight excluding hydrogens is 314 g/mol. The maximum absolute atomic E-state index is 12.0. The van der Waals surface area contributed by atoms with Gasteiger partial charge in [0.25, 0.3) is 5.24 Å². The zero-order valence-electron chi connectivity index (χ0n) is 12.4. The van der Waals surface area contributed by atoms with Gasteiger partial charge in [0.1, 0.15) is 12.4 Å². The quantitative estimate of drug-likeness (QED) is 0.437. The lowest BCUT2D eigenvalue weighted by molar-refractivity contribution is -0.108. The number of aryl methyl sites for hydroxylation is 1. The van der Waals surface area contributed by atoms with Gasteiger partial charge in [0.05, 0.1) is 16.5 Å². The maximum atomic E-state index is 12.0. The molecule has 0 radical (unpaired) electrons. The van der Waals surface area contributed by atoms with E-state index in [4.69, 9.17) is 16.3 Å². The monoisotopic (exact) mass is 327 g/mol. The van der Waals surface area contributed by atoms with Crippen molar-refractivity contribution in [1.29, 1.82) is 0 Å². The van der Waals surface area contributed by atoms with Gasteiger partial charge in [-0.25, -0.2) is 0 Å². The van der Waals surface area contributed by atoms with Crippen molar-refractivity contribution in [2.45, 2.75) is 13.5 Å². The van der Waals surface area contributed by atoms with E-state index >= 15 is 0 Å². The number of ether oxygens (including phenoxy) is 1. The molecule has 23 heavy (non-hydrogen) atoms. The van der Waals surface area contributed by atoms with Gasteiger partial charge in [-0.3, -0.25) is 9.59 Å². The van der Waals surface area contributed by atoms with Crippen LogP contribution in [-0.4, -0.2) is 16.0 Å². The van der Waals surface area contributed by atoms with Crippen LogP contribution in [0.15, 0.2) is 48.7 Å². The number of hydrogen-bond acceptors (Lipinski definition) is 3. The second kappa shape index (κ2) is 6.26. The Labute approximate surface area is 138 Å². The molecule has 0 aliphatic heterocycles. The smallest absolute Gasteiger partial charge is 0.293 e. The van der Waals surface area contributed by atoms with E-state index in [0.717, 1.165) is 16.6 Å². The number of rotatable bonds is 5. The van der Waals surface area contributed by atoms with E-state index in [1.165, 1.54) is 6.20 Å². The van der Waals surface area contributed by atoms with Gasteiger partial charge in [-0.05, 0) is 41.8 Å². The molecule has 0 amide bonds. The third-order valence-corrected chi connectivity index (χ3v) is 3.72. The molecule has 0 bridgehead atoms. The summed E-state index contributed by atoms with van der Waals surface area (Å²) in [6.07, 6.45) is 1.49. The minimum atomic E-state index is -1.01. The summed E-state index contributed by atoms with van der Waals surface area (Å²) in [6, 6.07) is 13.4. The van der Waals surface area contributed by atoms with E-state index in [-0.39, 0.29) is 5.56 Å². The summed E-state index contributed by atoms with van der Waals surface area (Å²) in [5.74, 6) is -0.197. The minimum absolute atomic E-state index is 0.225. The molecule has 5 heteroatoms. The van der Waals surface area contributed by atoms with Crippen molar-refractivity contribution in [3.63, 3.8) is 0 Å². The maximum Gasteiger partial charge on any atom is 0.293 e. The van der Waals surface area contributed by atoms with Gasteiger partial charge in [-0.2, -0.15) is 0 Å². The van der Waals surface area contributed by atoms with Gasteiger partial charge in [0.2, 0.25) is 5.78 Å². The number of Topliss-reactive ketones (excluding diaryl/α,β-unsaturated/α-hetero) is 1. The fourth-order valence-corrected chi connectivity index (χ4v) is 2.60. The highest BCUT2D eigenvalue weighted by Gasteiger charge is 2.21. The summed E-state index contributed by atoms with van der Waals surface area (Å²) in [7, 11) is 0. The second-order valence-electron chi connectivity index (χ2n) is 5.27. The van der Waals surface area contributed by atoms with Crippen molar-refractivity contribution in [2.75, 3.05) is 0 Å². The summed E-state index contributed by atoms with van der Waals surface area (Å²) in [4.78, 5) is 26.2. The Morgan fingerprint density at radius 2 is 1.91 bits per heavy atom. The van der Waals surface area contributed by atoms with Crippen LogP contribution in [0.25, 0.3) is 10.9 Å². The third kappa shape index (κ3) is 3.12. The SMILES string of the molecule is Cc1cc(OCc2ccccc2)c2c(C(=O)C(=O)Cl)c[nH]c2c1. The van der Waals surface area contributed by atoms with E-state index in [9.17, 15) is 9.59 Å². The highest BCUT2D eigenvalue weighted by Crippen LogP contribution is 2.31. The fourth-order valence-electron chi connectivity index (χ4n) is 2.50. The largest absolute Gasteiger partial charge is 0.488 e. The van der Waals surface area contributed by atoms with Gasteiger partial charge in [-0.1, -0.05) is 30.3 Å². The van der Waals surface area contributed by atoms with Crippen LogP contribution in [0.2, 0.25) is 0 Å². The van der Waals surface area contributed by atoms with Gasteiger partial charge in [-0.15, -0.1) is 0 Å². The van der Waals surface area contributed by atoms with Crippen molar-refractivity contribution in [3.8, 4) is 5.75 Å². The van der Waals surface area contributed by atoms with Gasteiger partial charge in [0, 0.05) is 6.20 Å². The lowest BCUT2D eigenvalue weighted by atomic mass is 10.1. The van der Waals surface area contributed by atoms with Crippen molar-refractivity contribution >= 4 is 33.5 Å². The van der Waals surface area contributed by atoms with E-state index in [0.29, 0.717) is 17.7 Å². The number of aromatic amines is 1. The molecule has 0 fully saturated rings. The Hall–Kier alpha value is -2.59. The molecule has 0 unspecified atom stereocenters. The number of aromatic nitrogens is 1. The van der Waals surface area contributed by atoms with Crippen LogP contribution in [0.1, 0.15) is 21.5 Å². The van der Waals surface area contributed by atoms with Crippen LogP contribution in [0.4, 0.5) is 0 Å². The first kappa shape index (κ1) is 15.3. The molecule has 3 rings (SSSR count). The molecule has 2 aromatic carbocycles. The number of carbonyl (C=O) groups excluding carboxylic acids is 2. The number of fused-ring (bicyclic) bond motifs is 1. The predicted molar refractivity (Wildman–Crippen MR) is 89.0 cm³/mol. The first-order valence-electron chi connectivity index (χ1n) is 7.09. The molecule has 0 saturated heterocycles. The lowest BCUT2D eigenvalue weighted by Crippen LogP contribution is -2.07. The summed E-state index contributed by atoms with van der Waals surface area (Å²) in [6.45, 7) is 2.30. The summed E-state index contributed by atoms with van der Waals surface area (Å²) in [5.41, 5.74) is 2.95. The van der Waals surface area contributed by atoms with Crippen molar-refractivity contribution in [1.82, 2.24) is 4.98 Å². The number of hydrogen-bond donors (Lipinski definition) is 1. The molecule has 1 N–H and O–H groups in total. The van der Waals surface area contributed by atoms with E-state index < -0.39 is 11.0 Å². The standard InChI is InChI=1S/C18H14ClNO3/c1-11-7-14-16(13(9-20-14)17(21)18(19)22)15(8-11)23-10-12-5-3-2-4-6-12/h2-9,20H,10H2,1H3. The Bertz CT molecular complexity index is 884. The lowest BCUT2D eigenvalue weighted by Gasteiger charge is -2.10. The molecule has 1 heterocycles. The molecule has 4 nitrogen and oxygen atoms in total. The zero-order chi connectivity index (χ0) is 16.4. The van der Waals surface area contributed by atoms with Crippen LogP contribution in [0, 0.1) is 6.92 Å². The summed E-state index contributed by atoms with van der Waals surface area (Å²) >= 11 is 5.33. The minimum Gasteiger partial charge on any atom is -0.488 e. The Balaban J connectivity index is 2.02. The normalized spacial score (nSPS) is 10.7. The van der Waals surface area contributed by atoms with Crippen molar-refractivity contribution in [2.24, 2.45) is 0 Å². The Kier molecular flexibility index (Phi) is 4.17. The Morgan fingerprint density at radius 3 is 2.61 bits per heavy atom. The molecular formula is C18H14ClNO3. The number of ketones is 1. The number of carbonyl (C=O) groups is 2. The molecule has 0 aliphatic carbocycles. The fraction of sp³-hybridized carbons (Fsp3) is 0.111. The van der Waals surface area contributed by atoms with Gasteiger partial charge in [0.15, 0.2) is 0 Å². The molecule has 1 aromatic heterocycles. The van der Waals surface area contributed by atoms with Gasteiger partial charge < -0.3 is 9.72 Å². The predicted octanol–water partition coefficient (Wildman–Crippen LogP) is 4.00. The molecule has 116 valence electrons. The van der Waals surface area contributed by atoms with E-state index in [1.807, 2.05) is 49.4 Å². The summed E-state index contributed by atoms with van der Waals surface area (Å²) < 4.78 is 5.89. The molecule has 0 saturated carbocycles. The topological polar surface area (TPSA) is 59.2 Å². The highest BCUT2D eigenvalue weighted by molar-refractivity contribution is 6.83. The van der Waals surface area contributed by atoms with E-state index in [1.54, 1.807) is 0 Å². The van der Waals surface area contributed by atoms with Crippen LogP contribution < -0.4 is 4.74 Å². The molecule has 0 spiro atoms. The van der Waals surface area contributed by atoms with Crippen LogP contribution in [0.5, 0.6) is 5.75 Å². The molecule has 0 atom stereocenters. The average molecular weight is 328 g/mol. The van der Waals surface area contributed by atoms with Gasteiger partial charge >= 0.3 is 0 Å². The number of nitrogens with one attached hydrogen (secondary N) is 1. The number of H-pyrrole nitrogens is 1. The van der Waals surface area contributed by atoms with Crippen LogP contribution >= 0.6 is 11.6 Å². The number of benzene rings is 2. The zero-order valence-corrected chi connectivity index (χ0v) is 13.2. The summed E-state index contributed by atoms with van der Waals surface area (Å²) in [5, 5.41) is -0.439. The highest BCUT2D eigenvalue weighted by atomic mass is 35.5. The van der Waals surface area contributed by atoms with Crippen LogP contribution in [-0.2, 0) is 11.4 Å². The first-order chi connectivity index (χ1) is 11.1. The average Bonchev–Trinajstić information content (AvgIpc) is 2.96. The number of halogens is 1. The van der Waals surface area contributed by atoms with E-state index in [2.05, 4.69) is 4.98 Å².